The maximum absolute atomic E-state index is 12.4. The highest BCUT2D eigenvalue weighted by atomic mass is 32.2. The summed E-state index contributed by atoms with van der Waals surface area (Å²) in [7, 11) is -4.88. The average molecular weight is 350 g/mol. The van der Waals surface area contributed by atoms with Crippen LogP contribution in [0.25, 0.3) is 0 Å². The highest BCUT2D eigenvalue weighted by molar-refractivity contribution is 7.91. The first-order chi connectivity index (χ1) is 10.7. The molecule has 1 unspecified atom stereocenters. The van der Waals surface area contributed by atoms with E-state index in [1.807, 2.05) is 0 Å². The molecule has 0 N–H and O–H groups in total. The summed E-state index contributed by atoms with van der Waals surface area (Å²) in [6, 6.07) is 8.23. The molecule has 2 rings (SSSR count). The molecule has 4 nitrogen and oxygen atoms in total. The van der Waals surface area contributed by atoms with Crippen LogP contribution in [0.4, 0.5) is 0 Å². The van der Waals surface area contributed by atoms with Crippen molar-refractivity contribution in [3.05, 3.63) is 30.3 Å². The van der Waals surface area contributed by atoms with Gasteiger partial charge in [0, 0.05) is 13.0 Å². The van der Waals surface area contributed by atoms with Crippen LogP contribution < -0.4 is 0 Å². The Kier molecular flexibility index (Phi) is 5.32. The van der Waals surface area contributed by atoms with Gasteiger partial charge in [0.2, 0.25) is 5.91 Å². The number of hydrogen-bond donors (Lipinski definition) is 0. The van der Waals surface area contributed by atoms with Crippen LogP contribution in [-0.4, -0.2) is 45.6 Å². The molecule has 0 radical (unpaired) electrons. The van der Waals surface area contributed by atoms with Crippen molar-refractivity contribution in [1.29, 1.82) is 0 Å². The fourth-order valence-electron chi connectivity index (χ4n) is 2.43. The Morgan fingerprint density at radius 2 is 1.87 bits per heavy atom. The highest BCUT2D eigenvalue weighted by Crippen LogP contribution is 2.19. The van der Waals surface area contributed by atoms with E-state index < -0.39 is 17.9 Å². The van der Waals surface area contributed by atoms with E-state index in [0.29, 0.717) is 17.7 Å². The number of hydrogen-bond acceptors (Lipinski definition) is 3. The molecule has 1 aliphatic heterocycles. The van der Waals surface area contributed by atoms with Gasteiger partial charge in [0.1, 0.15) is 8.07 Å². The van der Waals surface area contributed by atoms with Crippen LogP contribution in [0.3, 0.4) is 0 Å². The van der Waals surface area contributed by atoms with Gasteiger partial charge in [0.15, 0.2) is 9.84 Å². The summed E-state index contributed by atoms with van der Waals surface area (Å²) in [5, 5.41) is 0. The SMILES string of the molecule is C[Si](C)(C)C#CC1CCC(=O)N1CCS(=O)(=O)c1ccccc1. The molecule has 0 aromatic heterocycles. The van der Waals surface area contributed by atoms with E-state index in [9.17, 15) is 13.2 Å². The standard InChI is InChI=1S/C17H23NO3SSi/c1-23(2,3)14-11-15-9-10-17(19)18(15)12-13-22(20,21)16-7-5-4-6-8-16/h4-8,15H,9-10,12-13H2,1-3H3. The Morgan fingerprint density at radius 1 is 1.22 bits per heavy atom. The third-order valence-electron chi connectivity index (χ3n) is 3.65. The van der Waals surface area contributed by atoms with Crippen LogP contribution >= 0.6 is 0 Å². The van der Waals surface area contributed by atoms with E-state index in [1.165, 1.54) is 0 Å². The van der Waals surface area contributed by atoms with Gasteiger partial charge >= 0.3 is 0 Å². The lowest BCUT2D eigenvalue weighted by Gasteiger charge is -2.21. The Hall–Kier alpha value is -1.58. The Balaban J connectivity index is 2.08. The Morgan fingerprint density at radius 3 is 2.48 bits per heavy atom. The van der Waals surface area contributed by atoms with Gasteiger partial charge in [0.25, 0.3) is 0 Å². The number of carbonyl (C=O) groups is 1. The molecule has 1 fully saturated rings. The molecule has 23 heavy (non-hydrogen) atoms. The van der Waals surface area contributed by atoms with E-state index in [-0.39, 0.29) is 24.2 Å². The van der Waals surface area contributed by atoms with Gasteiger partial charge < -0.3 is 4.90 Å². The maximum atomic E-state index is 12.4. The number of likely N-dealkylation sites (tertiary alicyclic amines) is 1. The quantitative estimate of drug-likeness (QED) is 0.619. The summed E-state index contributed by atoms with van der Waals surface area (Å²) >= 11 is 0. The summed E-state index contributed by atoms with van der Waals surface area (Å²) in [4.78, 5) is 14.0. The van der Waals surface area contributed by atoms with Crippen LogP contribution in [-0.2, 0) is 14.6 Å². The van der Waals surface area contributed by atoms with E-state index >= 15 is 0 Å². The maximum Gasteiger partial charge on any atom is 0.223 e. The Labute approximate surface area is 139 Å². The summed E-state index contributed by atoms with van der Waals surface area (Å²) in [6.45, 7) is 6.67. The molecule has 1 aromatic carbocycles. The normalized spacial score (nSPS) is 18.7. The van der Waals surface area contributed by atoms with Crippen molar-refractivity contribution in [3.8, 4) is 11.5 Å². The molecule has 0 saturated carbocycles. The van der Waals surface area contributed by atoms with Crippen molar-refractivity contribution in [1.82, 2.24) is 4.90 Å². The van der Waals surface area contributed by atoms with Crippen LogP contribution in [0.5, 0.6) is 0 Å². The monoisotopic (exact) mass is 349 g/mol. The van der Waals surface area contributed by atoms with E-state index in [0.717, 1.165) is 0 Å². The average Bonchev–Trinajstić information content (AvgIpc) is 2.84. The second kappa shape index (κ2) is 6.89. The van der Waals surface area contributed by atoms with Gasteiger partial charge in [-0.15, -0.1) is 5.54 Å². The third-order valence-corrected chi connectivity index (χ3v) is 6.25. The molecule has 0 spiro atoms. The lowest BCUT2D eigenvalue weighted by Crippen LogP contribution is -2.36. The van der Waals surface area contributed by atoms with Gasteiger partial charge in [-0.05, 0) is 18.6 Å². The van der Waals surface area contributed by atoms with Gasteiger partial charge in [-0.2, -0.15) is 0 Å². The predicted octanol–water partition coefficient (Wildman–Crippen LogP) is 2.33. The summed E-state index contributed by atoms with van der Waals surface area (Å²) in [5.41, 5.74) is 3.29. The van der Waals surface area contributed by atoms with Crippen molar-refractivity contribution in [2.75, 3.05) is 12.3 Å². The van der Waals surface area contributed by atoms with Gasteiger partial charge in [-0.3, -0.25) is 4.79 Å². The largest absolute Gasteiger partial charge is 0.328 e. The zero-order valence-electron chi connectivity index (χ0n) is 13.9. The van der Waals surface area contributed by atoms with E-state index in [4.69, 9.17) is 0 Å². The first-order valence-electron chi connectivity index (χ1n) is 7.79. The molecular weight excluding hydrogens is 326 g/mol. The van der Waals surface area contributed by atoms with E-state index in [2.05, 4.69) is 31.1 Å². The number of benzene rings is 1. The second-order valence-corrected chi connectivity index (χ2v) is 13.7. The fourth-order valence-corrected chi connectivity index (χ4v) is 4.27. The molecule has 1 amide bonds. The zero-order chi connectivity index (χ0) is 17.1. The van der Waals surface area contributed by atoms with Crippen LogP contribution in [0.1, 0.15) is 12.8 Å². The summed E-state index contributed by atoms with van der Waals surface area (Å²) < 4.78 is 24.7. The van der Waals surface area contributed by atoms with Crippen LogP contribution in [0.15, 0.2) is 35.2 Å². The molecule has 1 aromatic rings. The minimum absolute atomic E-state index is 0.00291. The molecule has 1 aliphatic rings. The molecular formula is C17H23NO3SSi. The molecule has 0 bridgehead atoms. The Bertz CT molecular complexity index is 727. The van der Waals surface area contributed by atoms with Crippen LogP contribution in [0.2, 0.25) is 19.6 Å². The lowest BCUT2D eigenvalue weighted by molar-refractivity contribution is -0.128. The van der Waals surface area contributed by atoms with Crippen molar-refractivity contribution in [2.24, 2.45) is 0 Å². The minimum atomic E-state index is -3.37. The third kappa shape index (κ3) is 4.95. The molecule has 0 aliphatic carbocycles. The van der Waals surface area contributed by atoms with Crippen molar-refractivity contribution >= 4 is 23.8 Å². The van der Waals surface area contributed by atoms with Gasteiger partial charge in [0.05, 0.1) is 16.7 Å². The first-order valence-corrected chi connectivity index (χ1v) is 12.9. The minimum Gasteiger partial charge on any atom is -0.328 e. The summed E-state index contributed by atoms with van der Waals surface area (Å²) in [5.74, 6) is 3.14. The first kappa shape index (κ1) is 17.8. The number of rotatable bonds is 4. The topological polar surface area (TPSA) is 54.5 Å². The molecule has 124 valence electrons. The number of amides is 1. The zero-order valence-corrected chi connectivity index (χ0v) is 15.7. The molecule has 1 atom stereocenters. The number of nitrogens with zero attached hydrogens (tertiary/aromatic N) is 1. The smallest absolute Gasteiger partial charge is 0.223 e. The van der Waals surface area contributed by atoms with Gasteiger partial charge in [-0.25, -0.2) is 8.42 Å². The number of carbonyl (C=O) groups excluding carboxylic acids is 1. The van der Waals surface area contributed by atoms with Gasteiger partial charge in [-0.1, -0.05) is 43.8 Å². The predicted molar refractivity (Wildman–Crippen MR) is 94.4 cm³/mol. The molecule has 1 heterocycles. The molecule has 6 heteroatoms. The van der Waals surface area contributed by atoms with Crippen LogP contribution in [0, 0.1) is 11.5 Å². The molecule has 1 saturated heterocycles. The highest BCUT2D eigenvalue weighted by Gasteiger charge is 2.31. The second-order valence-electron chi connectivity index (χ2n) is 6.79. The van der Waals surface area contributed by atoms with Crippen molar-refractivity contribution < 1.29 is 13.2 Å². The lowest BCUT2D eigenvalue weighted by atomic mass is 10.2. The fraction of sp³-hybridized carbons (Fsp3) is 0.471. The van der Waals surface area contributed by atoms with Crippen molar-refractivity contribution in [3.63, 3.8) is 0 Å². The summed E-state index contributed by atoms with van der Waals surface area (Å²) in [6.07, 6.45) is 1.15. The van der Waals surface area contributed by atoms with E-state index in [1.54, 1.807) is 35.2 Å². The van der Waals surface area contributed by atoms with Crippen molar-refractivity contribution in [2.45, 2.75) is 43.4 Å². The number of sulfone groups is 1.